The number of hydrogen-bond acceptors (Lipinski definition) is 2. The summed E-state index contributed by atoms with van der Waals surface area (Å²) in [5, 5.41) is 4.49. The molecule has 0 N–H and O–H groups in total. The fraction of sp³-hybridized carbons (Fsp3) is 0.769. The third-order valence-electron chi connectivity index (χ3n) is 4.27. The maximum Gasteiger partial charge on any atom is 0.215 e. The first-order valence-corrected chi connectivity index (χ1v) is 6.30. The average Bonchev–Trinajstić information content (AvgIpc) is 2.87. The Labute approximate surface area is 96.8 Å². The van der Waals surface area contributed by atoms with Crippen molar-refractivity contribution >= 4 is 0 Å². The van der Waals surface area contributed by atoms with Crippen LogP contribution >= 0.6 is 0 Å². The van der Waals surface area contributed by atoms with Crippen molar-refractivity contribution in [2.45, 2.75) is 46.1 Å². The second-order valence-electron chi connectivity index (χ2n) is 5.88. The van der Waals surface area contributed by atoms with Gasteiger partial charge in [0.15, 0.2) is 0 Å². The summed E-state index contributed by atoms with van der Waals surface area (Å²) in [6.45, 7) is 8.72. The zero-order valence-electron chi connectivity index (χ0n) is 10.4. The Kier molecular flexibility index (Phi) is 2.07. The third kappa shape index (κ3) is 1.45. The quantitative estimate of drug-likeness (QED) is 0.766. The molecule has 3 nitrogen and oxygen atoms in total. The fourth-order valence-electron chi connectivity index (χ4n) is 2.39. The van der Waals surface area contributed by atoms with Crippen LogP contribution in [-0.4, -0.2) is 16.4 Å². The van der Waals surface area contributed by atoms with E-state index in [1.165, 1.54) is 18.4 Å². The molecule has 0 amide bonds. The van der Waals surface area contributed by atoms with E-state index in [-0.39, 0.29) is 0 Å². The van der Waals surface area contributed by atoms with Gasteiger partial charge in [-0.3, -0.25) is 0 Å². The van der Waals surface area contributed by atoms with E-state index in [9.17, 15) is 0 Å². The smallest absolute Gasteiger partial charge is 0.215 e. The molecule has 1 atom stereocenters. The van der Waals surface area contributed by atoms with Gasteiger partial charge in [0.2, 0.25) is 5.88 Å². The maximum atomic E-state index is 5.94. The molecule has 2 aliphatic rings. The number of aromatic nitrogens is 2. The highest BCUT2D eigenvalue weighted by atomic mass is 16.5. The molecule has 2 heterocycles. The second-order valence-corrected chi connectivity index (χ2v) is 5.88. The topological polar surface area (TPSA) is 27.1 Å². The van der Waals surface area contributed by atoms with Crippen LogP contribution in [0.5, 0.6) is 5.88 Å². The van der Waals surface area contributed by atoms with Gasteiger partial charge >= 0.3 is 0 Å². The van der Waals surface area contributed by atoms with Crippen molar-refractivity contribution in [3.05, 3.63) is 11.8 Å². The Balaban J connectivity index is 1.90. The zero-order chi connectivity index (χ0) is 11.3. The molecule has 1 spiro atoms. The summed E-state index contributed by atoms with van der Waals surface area (Å²) < 4.78 is 8.02. The van der Waals surface area contributed by atoms with Crippen LogP contribution in [0.25, 0.3) is 0 Å². The zero-order valence-corrected chi connectivity index (χ0v) is 10.4. The van der Waals surface area contributed by atoms with E-state index in [0.29, 0.717) is 17.3 Å². The van der Waals surface area contributed by atoms with E-state index in [4.69, 9.17) is 4.74 Å². The summed E-state index contributed by atoms with van der Waals surface area (Å²) in [5.41, 5.74) is 1.72. The van der Waals surface area contributed by atoms with Crippen molar-refractivity contribution in [2.75, 3.05) is 6.61 Å². The normalized spacial score (nSPS) is 23.0. The van der Waals surface area contributed by atoms with Crippen molar-refractivity contribution in [3.63, 3.8) is 0 Å². The van der Waals surface area contributed by atoms with Gasteiger partial charge in [0, 0.05) is 11.0 Å². The first-order chi connectivity index (χ1) is 7.61. The third-order valence-corrected chi connectivity index (χ3v) is 4.27. The van der Waals surface area contributed by atoms with Crippen molar-refractivity contribution in [1.29, 1.82) is 0 Å². The number of ether oxygens (including phenoxy) is 1. The predicted molar refractivity (Wildman–Crippen MR) is 62.6 cm³/mol. The van der Waals surface area contributed by atoms with Gasteiger partial charge in [-0.05, 0) is 24.7 Å². The molecule has 1 aromatic rings. The lowest BCUT2D eigenvalue weighted by Gasteiger charge is -2.25. The van der Waals surface area contributed by atoms with Gasteiger partial charge in [0.05, 0.1) is 19.3 Å². The SMILES string of the molecule is CC(C)[C@@H](C)c1cnn2c1OCC1(CC1)C2. The minimum absolute atomic E-state index is 0.442. The lowest BCUT2D eigenvalue weighted by molar-refractivity contribution is 0.146. The Morgan fingerprint density at radius 2 is 2.12 bits per heavy atom. The summed E-state index contributed by atoms with van der Waals surface area (Å²) in [6, 6.07) is 0. The molecule has 1 saturated carbocycles. The molecule has 0 bridgehead atoms. The molecule has 16 heavy (non-hydrogen) atoms. The summed E-state index contributed by atoms with van der Waals surface area (Å²) in [7, 11) is 0. The van der Waals surface area contributed by atoms with Gasteiger partial charge in [-0.1, -0.05) is 20.8 Å². The van der Waals surface area contributed by atoms with Crippen LogP contribution in [0.15, 0.2) is 6.20 Å². The molecule has 0 saturated heterocycles. The van der Waals surface area contributed by atoms with Crippen molar-refractivity contribution in [1.82, 2.24) is 9.78 Å². The molecular weight excluding hydrogens is 200 g/mol. The molecule has 3 rings (SSSR count). The molecule has 0 aromatic carbocycles. The summed E-state index contributed by atoms with van der Waals surface area (Å²) in [4.78, 5) is 0. The number of fused-ring (bicyclic) bond motifs is 1. The number of hydrogen-bond donors (Lipinski definition) is 0. The van der Waals surface area contributed by atoms with Gasteiger partial charge in [-0.2, -0.15) is 5.10 Å². The molecule has 1 aliphatic carbocycles. The minimum Gasteiger partial charge on any atom is -0.477 e. The summed E-state index contributed by atoms with van der Waals surface area (Å²) >= 11 is 0. The molecule has 3 heteroatoms. The Bertz CT molecular complexity index is 404. The second kappa shape index (κ2) is 3.25. The van der Waals surface area contributed by atoms with Crippen LogP contribution in [0.4, 0.5) is 0 Å². The monoisotopic (exact) mass is 220 g/mol. The largest absolute Gasteiger partial charge is 0.477 e. The first-order valence-electron chi connectivity index (χ1n) is 6.30. The molecule has 1 fully saturated rings. The average molecular weight is 220 g/mol. The van der Waals surface area contributed by atoms with Crippen LogP contribution in [0.2, 0.25) is 0 Å². The van der Waals surface area contributed by atoms with Crippen LogP contribution in [-0.2, 0) is 6.54 Å². The molecule has 88 valence electrons. The molecule has 0 unspecified atom stereocenters. The lowest BCUT2D eigenvalue weighted by atomic mass is 9.92. The molecule has 1 aliphatic heterocycles. The molecule has 1 aromatic heterocycles. The van der Waals surface area contributed by atoms with Crippen LogP contribution in [0.3, 0.4) is 0 Å². The van der Waals surface area contributed by atoms with Gasteiger partial charge in [-0.15, -0.1) is 0 Å². The van der Waals surface area contributed by atoms with Crippen molar-refractivity contribution < 1.29 is 4.74 Å². The predicted octanol–water partition coefficient (Wildman–Crippen LogP) is 2.82. The Hall–Kier alpha value is -0.990. The van der Waals surface area contributed by atoms with E-state index in [1.807, 2.05) is 6.20 Å². The lowest BCUT2D eigenvalue weighted by Crippen LogP contribution is -2.27. The highest BCUT2D eigenvalue weighted by Crippen LogP contribution is 2.50. The van der Waals surface area contributed by atoms with Gasteiger partial charge in [0.25, 0.3) is 0 Å². The Morgan fingerprint density at radius 1 is 1.38 bits per heavy atom. The number of rotatable bonds is 2. The standard InChI is InChI=1S/C13H20N2O/c1-9(2)10(3)11-6-14-15-7-13(4-5-13)8-16-12(11)15/h6,9-10H,4-5,7-8H2,1-3H3/t10-/m1/s1. The number of nitrogens with zero attached hydrogens (tertiary/aromatic N) is 2. The highest BCUT2D eigenvalue weighted by Gasteiger charge is 2.47. The van der Waals surface area contributed by atoms with E-state index in [1.54, 1.807) is 0 Å². The van der Waals surface area contributed by atoms with Gasteiger partial charge < -0.3 is 4.74 Å². The molecular formula is C13H20N2O. The van der Waals surface area contributed by atoms with Gasteiger partial charge in [0.1, 0.15) is 0 Å². The van der Waals surface area contributed by atoms with Crippen LogP contribution in [0, 0.1) is 11.3 Å². The fourth-order valence-corrected chi connectivity index (χ4v) is 2.39. The van der Waals surface area contributed by atoms with Gasteiger partial charge in [-0.25, -0.2) is 4.68 Å². The maximum absolute atomic E-state index is 5.94. The highest BCUT2D eigenvalue weighted by molar-refractivity contribution is 5.30. The summed E-state index contributed by atoms with van der Waals surface area (Å²) in [5.74, 6) is 2.19. The first kappa shape index (κ1) is 10.2. The molecule has 0 radical (unpaired) electrons. The minimum atomic E-state index is 0.442. The Morgan fingerprint density at radius 3 is 2.75 bits per heavy atom. The van der Waals surface area contributed by atoms with E-state index in [2.05, 4.69) is 30.6 Å². The van der Waals surface area contributed by atoms with Crippen LogP contribution < -0.4 is 4.74 Å². The van der Waals surface area contributed by atoms with Crippen molar-refractivity contribution in [3.8, 4) is 5.88 Å². The van der Waals surface area contributed by atoms with E-state index in [0.717, 1.165) is 19.0 Å². The van der Waals surface area contributed by atoms with Crippen molar-refractivity contribution in [2.24, 2.45) is 11.3 Å². The van der Waals surface area contributed by atoms with E-state index >= 15 is 0 Å². The van der Waals surface area contributed by atoms with Crippen LogP contribution in [0.1, 0.15) is 45.1 Å². The van der Waals surface area contributed by atoms with E-state index < -0.39 is 0 Å². The summed E-state index contributed by atoms with van der Waals surface area (Å²) in [6.07, 6.45) is 4.62.